The standard InChI is InChI=1S/C17H16BrN3O3S3/c18-12-3-4-13-14(10-12)26-17(19-13)20-16(22)11-5-7-21(8-6-11)27(23,24)15-2-1-9-25-15/h1-4,9-11H,5-8H2,(H,19,20,22). The molecule has 1 N–H and O–H groups in total. The molecule has 10 heteroatoms. The van der Waals surface area contributed by atoms with E-state index >= 15 is 0 Å². The second-order valence-electron chi connectivity index (χ2n) is 6.23. The van der Waals surface area contributed by atoms with Gasteiger partial charge in [-0.05, 0) is 42.5 Å². The predicted molar refractivity (Wildman–Crippen MR) is 112 cm³/mol. The lowest BCUT2D eigenvalue weighted by Crippen LogP contribution is -2.41. The summed E-state index contributed by atoms with van der Waals surface area (Å²) in [6.07, 6.45) is 1.01. The van der Waals surface area contributed by atoms with Crippen LogP contribution < -0.4 is 5.32 Å². The van der Waals surface area contributed by atoms with Crippen LogP contribution in [-0.4, -0.2) is 36.7 Å². The SMILES string of the molecule is O=C(Nc1nc2ccc(Br)cc2s1)C1CCN(S(=O)(=O)c2cccs2)CC1. The first kappa shape index (κ1) is 19.0. The van der Waals surface area contributed by atoms with Crippen molar-refractivity contribution in [1.29, 1.82) is 0 Å². The second-order valence-corrected chi connectivity index (χ2v) is 11.3. The van der Waals surface area contributed by atoms with E-state index in [1.54, 1.807) is 17.5 Å². The largest absolute Gasteiger partial charge is 0.302 e. The molecule has 1 fully saturated rings. The Labute approximate surface area is 173 Å². The lowest BCUT2D eigenvalue weighted by Gasteiger charge is -2.29. The van der Waals surface area contributed by atoms with Gasteiger partial charge >= 0.3 is 0 Å². The van der Waals surface area contributed by atoms with Crippen molar-refractivity contribution in [3.05, 3.63) is 40.2 Å². The van der Waals surface area contributed by atoms with Gasteiger partial charge in [-0.15, -0.1) is 11.3 Å². The van der Waals surface area contributed by atoms with Gasteiger partial charge in [-0.3, -0.25) is 4.79 Å². The molecule has 1 saturated heterocycles. The Morgan fingerprint density at radius 2 is 2.04 bits per heavy atom. The monoisotopic (exact) mass is 485 g/mol. The first-order valence-electron chi connectivity index (χ1n) is 8.34. The van der Waals surface area contributed by atoms with Crippen LogP contribution in [0.15, 0.2) is 44.4 Å². The third-order valence-electron chi connectivity index (χ3n) is 4.49. The summed E-state index contributed by atoms with van der Waals surface area (Å²) in [5, 5.41) is 5.21. The number of rotatable bonds is 4. The molecule has 0 bridgehead atoms. The highest BCUT2D eigenvalue weighted by Gasteiger charge is 2.32. The van der Waals surface area contributed by atoms with E-state index in [0.29, 0.717) is 35.3 Å². The van der Waals surface area contributed by atoms with Crippen molar-refractivity contribution in [2.24, 2.45) is 5.92 Å². The number of hydrogen-bond donors (Lipinski definition) is 1. The van der Waals surface area contributed by atoms with E-state index in [1.807, 2.05) is 18.2 Å². The highest BCUT2D eigenvalue weighted by atomic mass is 79.9. The van der Waals surface area contributed by atoms with E-state index in [9.17, 15) is 13.2 Å². The topological polar surface area (TPSA) is 79.4 Å². The van der Waals surface area contributed by atoms with Gasteiger partial charge in [0.15, 0.2) is 5.13 Å². The Balaban J connectivity index is 1.39. The number of aromatic nitrogens is 1. The summed E-state index contributed by atoms with van der Waals surface area (Å²) in [4.78, 5) is 17.0. The molecule has 0 aliphatic carbocycles. The van der Waals surface area contributed by atoms with Crippen LogP contribution in [0, 0.1) is 5.92 Å². The number of hydrogen-bond acceptors (Lipinski definition) is 6. The molecular weight excluding hydrogens is 470 g/mol. The first-order chi connectivity index (χ1) is 12.9. The molecule has 3 aromatic rings. The maximum atomic E-state index is 12.6. The van der Waals surface area contributed by atoms with E-state index in [0.717, 1.165) is 14.7 Å². The minimum atomic E-state index is -3.44. The Hall–Kier alpha value is -1.33. The molecule has 27 heavy (non-hydrogen) atoms. The van der Waals surface area contributed by atoms with E-state index in [4.69, 9.17) is 0 Å². The fourth-order valence-electron chi connectivity index (χ4n) is 3.06. The average molecular weight is 486 g/mol. The molecule has 2 aromatic heterocycles. The van der Waals surface area contributed by atoms with E-state index in [-0.39, 0.29) is 11.8 Å². The number of benzene rings is 1. The summed E-state index contributed by atoms with van der Waals surface area (Å²) in [6, 6.07) is 9.13. The fraction of sp³-hybridized carbons (Fsp3) is 0.294. The van der Waals surface area contributed by atoms with Crippen molar-refractivity contribution in [3.63, 3.8) is 0 Å². The Bertz CT molecular complexity index is 1070. The molecule has 1 aliphatic heterocycles. The second kappa shape index (κ2) is 7.59. The highest BCUT2D eigenvalue weighted by Crippen LogP contribution is 2.30. The van der Waals surface area contributed by atoms with Gasteiger partial charge in [-0.25, -0.2) is 13.4 Å². The molecule has 6 nitrogen and oxygen atoms in total. The zero-order valence-electron chi connectivity index (χ0n) is 14.1. The van der Waals surface area contributed by atoms with Gasteiger partial charge in [-0.2, -0.15) is 4.31 Å². The molecule has 0 unspecified atom stereocenters. The molecule has 1 amide bonds. The molecule has 4 rings (SSSR count). The molecule has 0 atom stereocenters. The molecule has 142 valence electrons. The molecule has 1 aromatic carbocycles. The van der Waals surface area contributed by atoms with Crippen molar-refractivity contribution in [2.45, 2.75) is 17.1 Å². The lowest BCUT2D eigenvalue weighted by atomic mass is 9.97. The summed E-state index contributed by atoms with van der Waals surface area (Å²) < 4.78 is 28.9. The Kier molecular flexibility index (Phi) is 5.34. The minimum Gasteiger partial charge on any atom is -0.302 e. The number of halogens is 1. The van der Waals surface area contributed by atoms with Gasteiger partial charge in [-0.1, -0.05) is 33.3 Å². The van der Waals surface area contributed by atoms with E-state index in [2.05, 4.69) is 26.2 Å². The van der Waals surface area contributed by atoms with Crippen LogP contribution in [0.4, 0.5) is 5.13 Å². The predicted octanol–water partition coefficient (Wildman–Crippen LogP) is 4.16. The number of piperidine rings is 1. The number of nitrogens with one attached hydrogen (secondary N) is 1. The van der Waals surface area contributed by atoms with Crippen molar-refractivity contribution < 1.29 is 13.2 Å². The van der Waals surface area contributed by atoms with Crippen LogP contribution in [-0.2, 0) is 14.8 Å². The minimum absolute atomic E-state index is 0.0960. The van der Waals surface area contributed by atoms with Crippen LogP contribution in [0.25, 0.3) is 10.2 Å². The first-order valence-corrected chi connectivity index (χ1v) is 12.3. The number of nitrogens with zero attached hydrogens (tertiary/aromatic N) is 2. The van der Waals surface area contributed by atoms with Gasteiger partial charge in [0.25, 0.3) is 10.0 Å². The van der Waals surface area contributed by atoms with Gasteiger partial charge in [0.2, 0.25) is 5.91 Å². The van der Waals surface area contributed by atoms with Crippen molar-refractivity contribution in [2.75, 3.05) is 18.4 Å². The molecular formula is C17H16BrN3O3S3. The number of sulfonamides is 1. The van der Waals surface area contributed by atoms with Crippen molar-refractivity contribution in [3.8, 4) is 0 Å². The normalized spacial score (nSPS) is 16.6. The average Bonchev–Trinajstić information content (AvgIpc) is 3.31. The maximum Gasteiger partial charge on any atom is 0.252 e. The number of anilines is 1. The third-order valence-corrected chi connectivity index (χ3v) is 9.19. The summed E-state index contributed by atoms with van der Waals surface area (Å²) in [6.45, 7) is 0.705. The smallest absolute Gasteiger partial charge is 0.252 e. The van der Waals surface area contributed by atoms with Crippen LogP contribution in [0.2, 0.25) is 0 Å². The summed E-state index contributed by atoms with van der Waals surface area (Å²) in [7, 11) is -3.44. The van der Waals surface area contributed by atoms with Crippen molar-refractivity contribution >= 4 is 69.9 Å². The van der Waals surface area contributed by atoms with Gasteiger partial charge in [0.1, 0.15) is 4.21 Å². The lowest BCUT2D eigenvalue weighted by molar-refractivity contribution is -0.120. The van der Waals surface area contributed by atoms with Crippen molar-refractivity contribution in [1.82, 2.24) is 9.29 Å². The van der Waals surface area contributed by atoms with Crippen LogP contribution in [0.1, 0.15) is 12.8 Å². The number of carbonyl (C=O) groups excluding carboxylic acids is 1. The number of thiazole rings is 1. The molecule has 0 radical (unpaired) electrons. The van der Waals surface area contributed by atoms with Crippen LogP contribution in [0.3, 0.4) is 0 Å². The molecule has 0 saturated carbocycles. The summed E-state index contributed by atoms with van der Waals surface area (Å²) in [5.74, 6) is -0.306. The molecule has 1 aliphatic rings. The Morgan fingerprint density at radius 1 is 1.26 bits per heavy atom. The van der Waals surface area contributed by atoms with Crippen LogP contribution >= 0.6 is 38.6 Å². The van der Waals surface area contributed by atoms with Gasteiger partial charge < -0.3 is 5.32 Å². The molecule has 0 spiro atoms. The zero-order valence-corrected chi connectivity index (χ0v) is 18.1. The quantitative estimate of drug-likeness (QED) is 0.601. The number of thiophene rings is 1. The number of carbonyl (C=O) groups is 1. The maximum absolute atomic E-state index is 12.6. The van der Waals surface area contributed by atoms with Gasteiger partial charge in [0, 0.05) is 23.5 Å². The summed E-state index contributed by atoms with van der Waals surface area (Å²) >= 11 is 6.07. The van der Waals surface area contributed by atoms with Crippen LogP contribution in [0.5, 0.6) is 0 Å². The molecule has 3 heterocycles. The number of amides is 1. The fourth-order valence-corrected chi connectivity index (χ4v) is 7.09. The third kappa shape index (κ3) is 3.95. The van der Waals surface area contributed by atoms with Gasteiger partial charge in [0.05, 0.1) is 10.2 Å². The number of fused-ring (bicyclic) bond motifs is 1. The summed E-state index contributed by atoms with van der Waals surface area (Å²) in [5.41, 5.74) is 0.843. The highest BCUT2D eigenvalue weighted by molar-refractivity contribution is 9.10. The Morgan fingerprint density at radius 3 is 2.74 bits per heavy atom. The van der Waals surface area contributed by atoms with E-state index < -0.39 is 10.0 Å². The van der Waals surface area contributed by atoms with E-state index in [1.165, 1.54) is 27.0 Å². The zero-order chi connectivity index (χ0) is 19.0.